The van der Waals surface area contributed by atoms with E-state index in [1.807, 2.05) is 25.3 Å². The summed E-state index contributed by atoms with van der Waals surface area (Å²) in [5.41, 5.74) is 3.13. The summed E-state index contributed by atoms with van der Waals surface area (Å²) < 4.78 is 1.96. The maximum absolute atomic E-state index is 4.37. The Balaban J connectivity index is 3.39. The SMILES string of the molecule is C=Cn1c(C(=C)C)nc(C)c1C. The molecular formula is C10H14N2. The number of rotatable bonds is 2. The van der Waals surface area contributed by atoms with Crippen molar-refractivity contribution in [3.63, 3.8) is 0 Å². The number of hydrogen-bond acceptors (Lipinski definition) is 1. The van der Waals surface area contributed by atoms with E-state index >= 15 is 0 Å². The van der Waals surface area contributed by atoms with E-state index in [2.05, 4.69) is 18.1 Å². The molecule has 2 heteroatoms. The molecule has 0 saturated heterocycles. The Kier molecular flexibility index (Phi) is 2.18. The van der Waals surface area contributed by atoms with Crippen molar-refractivity contribution in [3.8, 4) is 0 Å². The van der Waals surface area contributed by atoms with Crippen LogP contribution in [0.25, 0.3) is 11.8 Å². The molecule has 0 unspecified atom stereocenters. The molecule has 0 amide bonds. The third-order valence-corrected chi connectivity index (χ3v) is 1.95. The number of aryl methyl sites for hydroxylation is 1. The predicted molar refractivity (Wildman–Crippen MR) is 52.8 cm³/mol. The van der Waals surface area contributed by atoms with E-state index in [-0.39, 0.29) is 0 Å². The molecule has 0 fully saturated rings. The van der Waals surface area contributed by atoms with Gasteiger partial charge in [0.05, 0.1) is 5.69 Å². The van der Waals surface area contributed by atoms with Gasteiger partial charge in [-0.05, 0) is 26.3 Å². The fourth-order valence-corrected chi connectivity index (χ4v) is 1.15. The lowest BCUT2D eigenvalue weighted by Gasteiger charge is -2.01. The Morgan fingerprint density at radius 1 is 1.50 bits per heavy atom. The van der Waals surface area contributed by atoms with Gasteiger partial charge in [-0.15, -0.1) is 0 Å². The van der Waals surface area contributed by atoms with Crippen LogP contribution in [0.3, 0.4) is 0 Å². The second-order valence-corrected chi connectivity index (χ2v) is 2.94. The minimum atomic E-state index is 0.903. The van der Waals surface area contributed by atoms with Crippen molar-refractivity contribution in [2.75, 3.05) is 0 Å². The van der Waals surface area contributed by atoms with Crippen LogP contribution in [0, 0.1) is 13.8 Å². The molecule has 0 aliphatic carbocycles. The first-order chi connectivity index (χ1) is 5.57. The van der Waals surface area contributed by atoms with E-state index in [0.29, 0.717) is 0 Å². The van der Waals surface area contributed by atoms with Crippen molar-refractivity contribution in [1.29, 1.82) is 0 Å². The molecule has 1 aromatic heterocycles. The van der Waals surface area contributed by atoms with E-state index in [1.165, 1.54) is 0 Å². The summed E-state index contributed by atoms with van der Waals surface area (Å²) in [6.07, 6.45) is 1.76. The van der Waals surface area contributed by atoms with Crippen LogP contribution in [-0.2, 0) is 0 Å². The lowest BCUT2D eigenvalue weighted by atomic mass is 10.3. The quantitative estimate of drug-likeness (QED) is 0.653. The summed E-state index contributed by atoms with van der Waals surface area (Å²) in [5, 5.41) is 0. The zero-order valence-corrected chi connectivity index (χ0v) is 7.89. The Morgan fingerprint density at radius 3 is 2.42 bits per heavy atom. The predicted octanol–water partition coefficient (Wildman–Crippen LogP) is 2.63. The second-order valence-electron chi connectivity index (χ2n) is 2.94. The van der Waals surface area contributed by atoms with E-state index in [0.717, 1.165) is 22.8 Å². The van der Waals surface area contributed by atoms with Crippen LogP contribution >= 0.6 is 0 Å². The van der Waals surface area contributed by atoms with Gasteiger partial charge in [0.1, 0.15) is 5.82 Å². The molecule has 1 heterocycles. The Hall–Kier alpha value is -1.31. The molecule has 0 N–H and O–H groups in total. The minimum Gasteiger partial charge on any atom is -0.304 e. The molecule has 0 aromatic carbocycles. The largest absolute Gasteiger partial charge is 0.304 e. The third kappa shape index (κ3) is 1.20. The number of imidazole rings is 1. The first-order valence-corrected chi connectivity index (χ1v) is 3.91. The molecule has 64 valence electrons. The number of hydrogen-bond donors (Lipinski definition) is 0. The molecule has 0 bridgehead atoms. The zero-order valence-electron chi connectivity index (χ0n) is 7.89. The van der Waals surface area contributed by atoms with E-state index in [9.17, 15) is 0 Å². The van der Waals surface area contributed by atoms with Crippen LogP contribution in [0.1, 0.15) is 24.1 Å². The van der Waals surface area contributed by atoms with Gasteiger partial charge in [-0.1, -0.05) is 13.2 Å². The summed E-state index contributed by atoms with van der Waals surface area (Å²) in [6.45, 7) is 13.5. The van der Waals surface area contributed by atoms with Gasteiger partial charge in [-0.3, -0.25) is 0 Å². The third-order valence-electron chi connectivity index (χ3n) is 1.95. The standard InChI is InChI=1S/C10H14N2/c1-6-12-9(5)8(4)11-10(12)7(2)3/h6H,1-2H2,3-5H3. The minimum absolute atomic E-state index is 0.903. The van der Waals surface area contributed by atoms with Crippen LogP contribution in [0.2, 0.25) is 0 Å². The number of allylic oxidation sites excluding steroid dienone is 1. The van der Waals surface area contributed by atoms with Crippen molar-refractivity contribution < 1.29 is 0 Å². The summed E-state index contributed by atoms with van der Waals surface area (Å²) >= 11 is 0. The highest BCUT2D eigenvalue weighted by Crippen LogP contribution is 2.16. The molecule has 1 rings (SSSR count). The lowest BCUT2D eigenvalue weighted by Crippen LogP contribution is -1.94. The van der Waals surface area contributed by atoms with Crippen LogP contribution in [-0.4, -0.2) is 9.55 Å². The average Bonchev–Trinajstić information content (AvgIpc) is 2.29. The van der Waals surface area contributed by atoms with Crippen molar-refractivity contribution in [2.45, 2.75) is 20.8 Å². The molecular weight excluding hydrogens is 148 g/mol. The van der Waals surface area contributed by atoms with Gasteiger partial charge in [0.15, 0.2) is 0 Å². The van der Waals surface area contributed by atoms with Crippen molar-refractivity contribution in [1.82, 2.24) is 9.55 Å². The van der Waals surface area contributed by atoms with Crippen molar-refractivity contribution >= 4 is 11.8 Å². The van der Waals surface area contributed by atoms with Gasteiger partial charge in [-0.25, -0.2) is 4.98 Å². The van der Waals surface area contributed by atoms with Gasteiger partial charge in [0.2, 0.25) is 0 Å². The normalized spacial score (nSPS) is 9.92. The molecule has 2 nitrogen and oxygen atoms in total. The topological polar surface area (TPSA) is 17.8 Å². The molecule has 1 aromatic rings. The van der Waals surface area contributed by atoms with Crippen LogP contribution < -0.4 is 0 Å². The zero-order chi connectivity index (χ0) is 9.30. The van der Waals surface area contributed by atoms with Gasteiger partial charge in [0.25, 0.3) is 0 Å². The van der Waals surface area contributed by atoms with Crippen molar-refractivity contribution in [3.05, 3.63) is 30.4 Å². The first kappa shape index (κ1) is 8.78. The van der Waals surface area contributed by atoms with Gasteiger partial charge < -0.3 is 4.57 Å². The van der Waals surface area contributed by atoms with E-state index in [1.54, 1.807) is 6.20 Å². The number of nitrogens with zero attached hydrogens (tertiary/aromatic N) is 2. The summed E-state index contributed by atoms with van der Waals surface area (Å²) in [5.74, 6) is 0.903. The molecule has 0 aliphatic rings. The molecule has 0 radical (unpaired) electrons. The van der Waals surface area contributed by atoms with Gasteiger partial charge in [-0.2, -0.15) is 0 Å². The van der Waals surface area contributed by atoms with Gasteiger partial charge in [0, 0.05) is 11.9 Å². The van der Waals surface area contributed by atoms with E-state index < -0.39 is 0 Å². The van der Waals surface area contributed by atoms with Crippen LogP contribution in [0.15, 0.2) is 13.2 Å². The summed E-state index contributed by atoms with van der Waals surface area (Å²) in [7, 11) is 0. The highest BCUT2D eigenvalue weighted by Gasteiger charge is 2.07. The summed E-state index contributed by atoms with van der Waals surface area (Å²) in [6, 6.07) is 0. The molecule has 0 spiro atoms. The highest BCUT2D eigenvalue weighted by atomic mass is 15.1. The Morgan fingerprint density at radius 2 is 2.08 bits per heavy atom. The first-order valence-electron chi connectivity index (χ1n) is 3.91. The molecule has 12 heavy (non-hydrogen) atoms. The smallest absolute Gasteiger partial charge is 0.139 e. The maximum atomic E-state index is 4.37. The lowest BCUT2D eigenvalue weighted by molar-refractivity contribution is 1.04. The van der Waals surface area contributed by atoms with E-state index in [4.69, 9.17) is 0 Å². The highest BCUT2D eigenvalue weighted by molar-refractivity contribution is 5.58. The van der Waals surface area contributed by atoms with Crippen LogP contribution in [0.5, 0.6) is 0 Å². The van der Waals surface area contributed by atoms with Gasteiger partial charge >= 0.3 is 0 Å². The van der Waals surface area contributed by atoms with Crippen molar-refractivity contribution in [2.24, 2.45) is 0 Å². The Labute approximate surface area is 73.2 Å². The fourth-order valence-electron chi connectivity index (χ4n) is 1.15. The Bertz CT molecular complexity index is 332. The second kappa shape index (κ2) is 2.97. The fraction of sp³-hybridized carbons (Fsp3) is 0.300. The molecule has 0 atom stereocenters. The number of aromatic nitrogens is 2. The average molecular weight is 162 g/mol. The summed E-state index contributed by atoms with van der Waals surface area (Å²) in [4.78, 5) is 4.37. The van der Waals surface area contributed by atoms with Crippen LogP contribution in [0.4, 0.5) is 0 Å². The molecule has 0 aliphatic heterocycles. The monoisotopic (exact) mass is 162 g/mol. The maximum Gasteiger partial charge on any atom is 0.139 e. The molecule has 0 saturated carbocycles.